The van der Waals surface area contributed by atoms with Crippen LogP contribution in [-0.2, 0) is 11.3 Å². The second-order valence-electron chi connectivity index (χ2n) is 6.72. The van der Waals surface area contributed by atoms with Crippen LogP contribution in [0, 0.1) is 6.92 Å². The minimum absolute atomic E-state index is 0.120. The van der Waals surface area contributed by atoms with Crippen LogP contribution in [0.15, 0.2) is 18.2 Å². The van der Waals surface area contributed by atoms with Crippen LogP contribution in [0.3, 0.4) is 0 Å². The van der Waals surface area contributed by atoms with Crippen molar-refractivity contribution in [1.29, 1.82) is 0 Å². The summed E-state index contributed by atoms with van der Waals surface area (Å²) < 4.78 is 15.6. The van der Waals surface area contributed by atoms with Crippen molar-refractivity contribution in [3.05, 3.63) is 39.8 Å². The lowest BCUT2D eigenvalue weighted by molar-refractivity contribution is 0.0601. The molecule has 0 fully saturated rings. The van der Waals surface area contributed by atoms with E-state index >= 15 is 0 Å². The first-order valence-corrected chi connectivity index (χ1v) is 11.1. The Kier molecular flexibility index (Phi) is 7.34. The van der Waals surface area contributed by atoms with E-state index in [0.717, 1.165) is 5.56 Å². The lowest BCUT2D eigenvalue weighted by atomic mass is 10.1. The molecule has 0 saturated carbocycles. The molecule has 8 nitrogen and oxygen atoms in total. The molecule has 0 aliphatic carbocycles. The first kappa shape index (κ1) is 22.8. The van der Waals surface area contributed by atoms with E-state index < -0.39 is 5.97 Å². The molecule has 0 radical (unpaired) electrons. The molecule has 1 aliphatic rings. The standard InChI is InChI=1S/C21H25N3O5S2/c1-5-24(6-2)19(25)17-12(3)16(20(26)27-4)18(31-17)23-21(30)22-10-13-7-8-14-15(9-13)29-11-28-14/h7-9H,5-6,10-11H2,1-4H3,(H2,22,23,30). The molecular weight excluding hydrogens is 438 g/mol. The largest absolute Gasteiger partial charge is 0.465 e. The van der Waals surface area contributed by atoms with Crippen molar-refractivity contribution in [3.63, 3.8) is 0 Å². The Hall–Kier alpha value is -2.85. The van der Waals surface area contributed by atoms with Crippen LogP contribution in [0.25, 0.3) is 0 Å². The first-order chi connectivity index (χ1) is 14.9. The number of benzene rings is 1. The maximum Gasteiger partial charge on any atom is 0.341 e. The maximum absolute atomic E-state index is 12.9. The minimum Gasteiger partial charge on any atom is -0.465 e. The number of thiocarbonyl (C=S) groups is 1. The highest BCUT2D eigenvalue weighted by atomic mass is 32.1. The molecule has 0 spiro atoms. The van der Waals surface area contributed by atoms with Crippen LogP contribution in [0.5, 0.6) is 11.5 Å². The molecule has 2 heterocycles. The molecule has 0 saturated heterocycles. The van der Waals surface area contributed by atoms with Gasteiger partial charge in [-0.15, -0.1) is 11.3 Å². The van der Waals surface area contributed by atoms with E-state index in [1.54, 1.807) is 11.8 Å². The van der Waals surface area contributed by atoms with Gasteiger partial charge in [0.15, 0.2) is 16.6 Å². The SMILES string of the molecule is CCN(CC)C(=O)c1sc(NC(=S)NCc2ccc3c(c2)OCO3)c(C(=O)OC)c1C. The third kappa shape index (κ3) is 4.91. The van der Waals surface area contributed by atoms with E-state index in [9.17, 15) is 9.59 Å². The Morgan fingerprint density at radius 1 is 1.23 bits per heavy atom. The highest BCUT2D eigenvalue weighted by Crippen LogP contribution is 2.35. The van der Waals surface area contributed by atoms with Gasteiger partial charge in [0.1, 0.15) is 5.00 Å². The van der Waals surface area contributed by atoms with E-state index in [1.165, 1.54) is 18.4 Å². The number of rotatable bonds is 7. The zero-order chi connectivity index (χ0) is 22.5. The summed E-state index contributed by atoms with van der Waals surface area (Å²) in [5.41, 5.74) is 1.85. The van der Waals surface area contributed by atoms with Gasteiger partial charge in [-0.3, -0.25) is 4.79 Å². The van der Waals surface area contributed by atoms with Gasteiger partial charge in [-0.1, -0.05) is 6.07 Å². The fraction of sp³-hybridized carbons (Fsp3) is 0.381. The van der Waals surface area contributed by atoms with Crippen LogP contribution in [0.2, 0.25) is 0 Å². The molecule has 0 bridgehead atoms. The molecular formula is C21H25N3O5S2. The fourth-order valence-corrected chi connectivity index (χ4v) is 4.59. The minimum atomic E-state index is -0.520. The first-order valence-electron chi connectivity index (χ1n) is 9.83. The summed E-state index contributed by atoms with van der Waals surface area (Å²) in [5, 5.41) is 6.96. The number of carbonyl (C=O) groups excluding carboxylic acids is 2. The number of fused-ring (bicyclic) bond motifs is 1. The molecule has 10 heteroatoms. The number of anilines is 1. The predicted octanol–water partition coefficient (Wildman–Crippen LogP) is 3.54. The van der Waals surface area contributed by atoms with E-state index in [-0.39, 0.29) is 12.7 Å². The third-order valence-corrected chi connectivity index (χ3v) is 6.34. The monoisotopic (exact) mass is 463 g/mol. The second kappa shape index (κ2) is 9.97. The van der Waals surface area contributed by atoms with Crippen LogP contribution < -0.4 is 20.1 Å². The summed E-state index contributed by atoms with van der Waals surface area (Å²) >= 11 is 6.61. The van der Waals surface area contributed by atoms with E-state index in [0.29, 0.717) is 57.3 Å². The van der Waals surface area contributed by atoms with Crippen molar-refractivity contribution in [2.45, 2.75) is 27.3 Å². The quantitative estimate of drug-likeness (QED) is 0.476. The number of esters is 1. The van der Waals surface area contributed by atoms with Crippen molar-refractivity contribution in [3.8, 4) is 11.5 Å². The Bertz CT molecular complexity index is 1000. The molecule has 1 amide bonds. The molecule has 1 aromatic carbocycles. The number of methoxy groups -OCH3 is 1. The molecule has 1 aromatic heterocycles. The molecule has 0 unspecified atom stereocenters. The number of nitrogens with one attached hydrogen (secondary N) is 2. The molecule has 3 rings (SSSR count). The summed E-state index contributed by atoms with van der Waals surface area (Å²) in [7, 11) is 1.31. The Balaban J connectivity index is 1.76. The molecule has 166 valence electrons. The van der Waals surface area contributed by atoms with E-state index in [4.69, 9.17) is 26.4 Å². The van der Waals surface area contributed by atoms with Gasteiger partial charge in [-0.2, -0.15) is 0 Å². The number of hydrogen-bond donors (Lipinski definition) is 2. The number of nitrogens with zero attached hydrogens (tertiary/aromatic N) is 1. The van der Waals surface area contributed by atoms with Crippen LogP contribution in [0.4, 0.5) is 5.00 Å². The van der Waals surface area contributed by atoms with Gasteiger partial charge in [0.2, 0.25) is 6.79 Å². The highest BCUT2D eigenvalue weighted by Gasteiger charge is 2.27. The van der Waals surface area contributed by atoms with Crippen LogP contribution in [0.1, 0.15) is 45.0 Å². The zero-order valence-electron chi connectivity index (χ0n) is 17.9. The Morgan fingerprint density at radius 3 is 2.61 bits per heavy atom. The van der Waals surface area contributed by atoms with Crippen molar-refractivity contribution >= 4 is 45.5 Å². The lowest BCUT2D eigenvalue weighted by Crippen LogP contribution is -2.30. The molecule has 2 N–H and O–H groups in total. The van der Waals surface area contributed by atoms with Gasteiger partial charge in [-0.25, -0.2) is 4.79 Å². The summed E-state index contributed by atoms with van der Waals surface area (Å²) in [4.78, 5) is 27.5. The topological polar surface area (TPSA) is 89.1 Å². The van der Waals surface area contributed by atoms with E-state index in [1.807, 2.05) is 32.0 Å². The van der Waals surface area contributed by atoms with Gasteiger partial charge in [0.25, 0.3) is 5.91 Å². The summed E-state index contributed by atoms with van der Waals surface area (Å²) in [5.74, 6) is 0.768. The van der Waals surface area contributed by atoms with Crippen molar-refractivity contribution in [2.75, 3.05) is 32.3 Å². The Labute approximate surface area is 190 Å². The summed E-state index contributed by atoms with van der Waals surface area (Å²) in [6.07, 6.45) is 0. The fourth-order valence-electron chi connectivity index (χ4n) is 3.19. The van der Waals surface area contributed by atoms with Crippen LogP contribution >= 0.6 is 23.6 Å². The third-order valence-electron chi connectivity index (χ3n) is 4.90. The molecule has 31 heavy (non-hydrogen) atoms. The van der Waals surface area contributed by atoms with E-state index in [2.05, 4.69) is 10.6 Å². The lowest BCUT2D eigenvalue weighted by Gasteiger charge is -2.17. The molecule has 1 aliphatic heterocycles. The van der Waals surface area contributed by atoms with Gasteiger partial charge >= 0.3 is 5.97 Å². The number of carbonyl (C=O) groups is 2. The van der Waals surface area contributed by atoms with Gasteiger partial charge < -0.3 is 29.7 Å². The smallest absolute Gasteiger partial charge is 0.341 e. The van der Waals surface area contributed by atoms with Crippen molar-refractivity contribution < 1.29 is 23.8 Å². The van der Waals surface area contributed by atoms with Gasteiger partial charge in [0.05, 0.1) is 17.6 Å². The number of amides is 1. The molecule has 2 aromatic rings. The van der Waals surface area contributed by atoms with Crippen LogP contribution in [-0.4, -0.2) is 48.9 Å². The second-order valence-corrected chi connectivity index (χ2v) is 8.15. The number of ether oxygens (including phenoxy) is 3. The van der Waals surface area contributed by atoms with Gasteiger partial charge in [0, 0.05) is 19.6 Å². The zero-order valence-corrected chi connectivity index (χ0v) is 19.5. The summed E-state index contributed by atoms with van der Waals surface area (Å²) in [6.45, 7) is 7.41. The summed E-state index contributed by atoms with van der Waals surface area (Å²) in [6, 6.07) is 5.64. The average molecular weight is 464 g/mol. The normalized spacial score (nSPS) is 11.7. The number of hydrogen-bond acceptors (Lipinski definition) is 7. The number of thiophene rings is 1. The Morgan fingerprint density at radius 2 is 1.94 bits per heavy atom. The van der Waals surface area contributed by atoms with Crippen molar-refractivity contribution in [2.24, 2.45) is 0 Å². The maximum atomic E-state index is 12.9. The molecule has 0 atom stereocenters. The predicted molar refractivity (Wildman–Crippen MR) is 123 cm³/mol. The van der Waals surface area contributed by atoms with Gasteiger partial charge in [-0.05, 0) is 56.2 Å². The van der Waals surface area contributed by atoms with Crippen molar-refractivity contribution in [1.82, 2.24) is 10.2 Å². The average Bonchev–Trinajstić information content (AvgIpc) is 3.36. The highest BCUT2D eigenvalue weighted by molar-refractivity contribution is 7.80.